The van der Waals surface area contributed by atoms with Crippen LogP contribution in [0.1, 0.15) is 43.0 Å². The maximum atomic E-state index is 12.1. The summed E-state index contributed by atoms with van der Waals surface area (Å²) in [5.41, 5.74) is 10.5. The third-order valence-corrected chi connectivity index (χ3v) is 6.99. The molecule has 2 fully saturated rings. The van der Waals surface area contributed by atoms with E-state index < -0.39 is 0 Å². The highest BCUT2D eigenvalue weighted by molar-refractivity contribution is 5.85. The number of hydrogen-bond acceptors (Lipinski definition) is 3. The van der Waals surface area contributed by atoms with Gasteiger partial charge in [-0.3, -0.25) is 4.68 Å². The first kappa shape index (κ1) is 19.9. The molecule has 2 amide bonds. The second-order valence-corrected chi connectivity index (χ2v) is 8.99. The van der Waals surface area contributed by atoms with E-state index in [1.807, 2.05) is 23.1 Å². The van der Waals surface area contributed by atoms with Crippen LogP contribution in [0.25, 0.3) is 10.9 Å². The Hall–Kier alpha value is -3.02. The molecule has 0 spiro atoms. The Kier molecular flexibility index (Phi) is 5.30. The first-order valence-electron chi connectivity index (χ1n) is 11.4. The molecule has 1 saturated carbocycles. The van der Waals surface area contributed by atoms with Crippen LogP contribution in [0.3, 0.4) is 0 Å². The Morgan fingerprint density at radius 3 is 2.61 bits per heavy atom. The van der Waals surface area contributed by atoms with Gasteiger partial charge in [0.2, 0.25) is 0 Å². The summed E-state index contributed by atoms with van der Waals surface area (Å²) in [6.07, 6.45) is 5.83. The van der Waals surface area contributed by atoms with Gasteiger partial charge in [-0.05, 0) is 49.9 Å². The minimum absolute atomic E-state index is 0.0609. The normalized spacial score (nSPS) is 20.0. The van der Waals surface area contributed by atoms with Crippen LogP contribution in [0.2, 0.25) is 0 Å². The smallest absolute Gasteiger partial charge is 0.315 e. The molecule has 2 aromatic carbocycles. The summed E-state index contributed by atoms with van der Waals surface area (Å²) in [5, 5.41) is 6.14. The first-order chi connectivity index (χ1) is 15.1. The molecule has 162 valence electrons. The fraction of sp³-hybridized carbons (Fsp3) is 0.440. The highest BCUT2D eigenvalue weighted by atomic mass is 16.2. The number of amides is 2. The summed E-state index contributed by atoms with van der Waals surface area (Å²) in [6.45, 7) is 4.32. The fourth-order valence-corrected chi connectivity index (χ4v) is 5.35. The quantitative estimate of drug-likeness (QED) is 0.689. The molecule has 2 aliphatic rings. The van der Waals surface area contributed by atoms with Crippen LogP contribution in [0.4, 0.5) is 10.5 Å². The molecule has 31 heavy (non-hydrogen) atoms. The molecule has 1 unspecified atom stereocenters. The SMILES string of the molecule is Cc1nn(C2CCCC2)c2cc(N3CCN(C(N)=O)C(Cc4ccccc4)C3)ccc12. The number of primary amides is 1. The summed E-state index contributed by atoms with van der Waals surface area (Å²) in [6, 6.07) is 17.3. The number of fused-ring (bicyclic) bond motifs is 1. The molecule has 3 aromatic rings. The van der Waals surface area contributed by atoms with E-state index in [1.54, 1.807) is 0 Å². The van der Waals surface area contributed by atoms with Crippen molar-refractivity contribution < 1.29 is 4.79 Å². The monoisotopic (exact) mass is 417 g/mol. The number of nitrogens with zero attached hydrogens (tertiary/aromatic N) is 4. The van der Waals surface area contributed by atoms with Crippen molar-refractivity contribution in [1.29, 1.82) is 0 Å². The van der Waals surface area contributed by atoms with Crippen molar-refractivity contribution in [3.05, 3.63) is 59.8 Å². The number of rotatable bonds is 4. The second kappa shape index (κ2) is 8.25. The molecular formula is C25H31N5O. The molecule has 5 rings (SSSR count). The van der Waals surface area contributed by atoms with E-state index in [-0.39, 0.29) is 12.1 Å². The van der Waals surface area contributed by atoms with Gasteiger partial charge in [-0.25, -0.2) is 4.79 Å². The number of aryl methyl sites for hydroxylation is 1. The van der Waals surface area contributed by atoms with Gasteiger partial charge in [0.05, 0.1) is 23.3 Å². The van der Waals surface area contributed by atoms with Crippen LogP contribution in [-0.2, 0) is 6.42 Å². The second-order valence-electron chi connectivity index (χ2n) is 8.99. The zero-order valence-corrected chi connectivity index (χ0v) is 18.2. The van der Waals surface area contributed by atoms with Gasteiger partial charge in [0.1, 0.15) is 0 Å². The zero-order chi connectivity index (χ0) is 21.4. The topological polar surface area (TPSA) is 67.4 Å². The average molecular weight is 418 g/mol. The molecule has 6 heteroatoms. The van der Waals surface area contributed by atoms with Crippen molar-refractivity contribution in [2.45, 2.75) is 51.1 Å². The van der Waals surface area contributed by atoms with Crippen molar-refractivity contribution in [3.8, 4) is 0 Å². The molecular weight excluding hydrogens is 386 g/mol. The lowest BCUT2D eigenvalue weighted by Crippen LogP contribution is -2.57. The molecule has 1 saturated heterocycles. The number of aromatic nitrogens is 2. The van der Waals surface area contributed by atoms with Crippen LogP contribution in [-0.4, -0.2) is 46.4 Å². The van der Waals surface area contributed by atoms with Crippen LogP contribution < -0.4 is 10.6 Å². The number of anilines is 1. The van der Waals surface area contributed by atoms with Gasteiger partial charge in [0.15, 0.2) is 0 Å². The summed E-state index contributed by atoms with van der Waals surface area (Å²) in [4.78, 5) is 16.3. The van der Waals surface area contributed by atoms with Crippen LogP contribution in [0, 0.1) is 6.92 Å². The van der Waals surface area contributed by atoms with E-state index in [0.717, 1.165) is 25.2 Å². The fourth-order valence-electron chi connectivity index (χ4n) is 5.35. The van der Waals surface area contributed by atoms with Crippen molar-refractivity contribution >= 4 is 22.6 Å². The standard InChI is InChI=1S/C25H31N5O/c1-18-23-12-11-21(16-24(23)30(27-18)20-9-5-6-10-20)28-13-14-29(25(26)31)22(17-28)15-19-7-3-2-4-8-19/h2-4,7-8,11-12,16,20,22H,5-6,9-10,13-15,17H2,1H3,(H2,26,31). The Morgan fingerprint density at radius 2 is 1.87 bits per heavy atom. The number of benzene rings is 2. The van der Waals surface area contributed by atoms with Gasteiger partial charge < -0.3 is 15.5 Å². The van der Waals surface area contributed by atoms with Gasteiger partial charge in [-0.15, -0.1) is 0 Å². The van der Waals surface area contributed by atoms with Crippen molar-refractivity contribution in [3.63, 3.8) is 0 Å². The lowest BCUT2D eigenvalue weighted by Gasteiger charge is -2.42. The third kappa shape index (κ3) is 3.87. The number of carbonyl (C=O) groups is 1. The number of nitrogens with two attached hydrogens (primary N) is 1. The minimum Gasteiger partial charge on any atom is -0.368 e. The highest BCUT2D eigenvalue weighted by Crippen LogP contribution is 2.34. The molecule has 0 radical (unpaired) electrons. The molecule has 2 heterocycles. The zero-order valence-electron chi connectivity index (χ0n) is 18.2. The van der Waals surface area contributed by atoms with Crippen LogP contribution >= 0.6 is 0 Å². The molecule has 1 atom stereocenters. The Balaban J connectivity index is 1.43. The Bertz CT molecular complexity index is 1070. The molecule has 1 aliphatic carbocycles. The number of urea groups is 1. The lowest BCUT2D eigenvalue weighted by molar-refractivity contribution is 0.174. The maximum absolute atomic E-state index is 12.1. The van der Waals surface area contributed by atoms with E-state index >= 15 is 0 Å². The summed E-state index contributed by atoms with van der Waals surface area (Å²) in [5.74, 6) is 0. The van der Waals surface area contributed by atoms with Gasteiger partial charge in [0.25, 0.3) is 0 Å². The van der Waals surface area contributed by atoms with Crippen LogP contribution in [0.15, 0.2) is 48.5 Å². The summed E-state index contributed by atoms with van der Waals surface area (Å²) >= 11 is 0. The highest BCUT2D eigenvalue weighted by Gasteiger charge is 2.30. The molecule has 1 aliphatic heterocycles. The van der Waals surface area contributed by atoms with Crippen LogP contribution in [0.5, 0.6) is 0 Å². The molecule has 2 N–H and O–H groups in total. The lowest BCUT2D eigenvalue weighted by atomic mass is 10.0. The largest absolute Gasteiger partial charge is 0.368 e. The predicted octanol–water partition coefficient (Wildman–Crippen LogP) is 4.27. The van der Waals surface area contributed by atoms with E-state index in [0.29, 0.717) is 12.6 Å². The molecule has 0 bridgehead atoms. The molecule has 1 aromatic heterocycles. The number of piperazine rings is 1. The first-order valence-corrected chi connectivity index (χ1v) is 11.4. The van der Waals surface area contributed by atoms with Crippen molar-refractivity contribution in [1.82, 2.24) is 14.7 Å². The van der Waals surface area contributed by atoms with E-state index in [1.165, 1.54) is 47.8 Å². The Labute approximate surface area is 183 Å². The van der Waals surface area contributed by atoms with E-state index in [2.05, 4.69) is 46.8 Å². The number of hydrogen-bond donors (Lipinski definition) is 1. The summed E-state index contributed by atoms with van der Waals surface area (Å²) < 4.78 is 2.27. The van der Waals surface area contributed by atoms with Gasteiger partial charge >= 0.3 is 6.03 Å². The maximum Gasteiger partial charge on any atom is 0.315 e. The number of carbonyl (C=O) groups excluding carboxylic acids is 1. The molecule has 6 nitrogen and oxygen atoms in total. The van der Waals surface area contributed by atoms with Gasteiger partial charge in [0, 0.05) is 30.7 Å². The van der Waals surface area contributed by atoms with E-state index in [9.17, 15) is 4.79 Å². The van der Waals surface area contributed by atoms with Crippen molar-refractivity contribution in [2.75, 3.05) is 24.5 Å². The van der Waals surface area contributed by atoms with E-state index in [4.69, 9.17) is 10.8 Å². The Morgan fingerprint density at radius 1 is 1.10 bits per heavy atom. The summed E-state index contributed by atoms with van der Waals surface area (Å²) in [7, 11) is 0. The third-order valence-electron chi connectivity index (χ3n) is 6.99. The average Bonchev–Trinajstić information content (AvgIpc) is 3.42. The predicted molar refractivity (Wildman–Crippen MR) is 124 cm³/mol. The van der Waals surface area contributed by atoms with Gasteiger partial charge in [-0.2, -0.15) is 5.10 Å². The minimum atomic E-state index is -0.328. The van der Waals surface area contributed by atoms with Crippen molar-refractivity contribution in [2.24, 2.45) is 5.73 Å². The van der Waals surface area contributed by atoms with Gasteiger partial charge in [-0.1, -0.05) is 43.2 Å².